The fourth-order valence-electron chi connectivity index (χ4n) is 4.12. The highest BCUT2D eigenvalue weighted by molar-refractivity contribution is 7.15. The van der Waals surface area contributed by atoms with E-state index in [1.165, 1.54) is 11.3 Å². The van der Waals surface area contributed by atoms with Crippen LogP contribution in [0, 0.1) is 22.0 Å². The van der Waals surface area contributed by atoms with Crippen LogP contribution in [-0.2, 0) is 17.9 Å². The number of hydrogen-bond acceptors (Lipinski definition) is 6. The Morgan fingerprint density at radius 2 is 2.10 bits per heavy atom. The lowest BCUT2D eigenvalue weighted by Crippen LogP contribution is -2.33. The van der Waals surface area contributed by atoms with Crippen molar-refractivity contribution in [3.63, 3.8) is 0 Å². The summed E-state index contributed by atoms with van der Waals surface area (Å²) in [6.45, 7) is 3.90. The molecule has 4 rings (SSSR count). The van der Waals surface area contributed by atoms with Crippen molar-refractivity contribution >= 4 is 22.2 Å². The second kappa shape index (κ2) is 9.14. The van der Waals surface area contributed by atoms with Crippen LogP contribution < -0.4 is 4.74 Å². The van der Waals surface area contributed by atoms with E-state index in [1.807, 2.05) is 29.2 Å². The first-order valence-corrected chi connectivity index (χ1v) is 11.2. The summed E-state index contributed by atoms with van der Waals surface area (Å²) in [4.78, 5) is 28.5. The molecule has 1 saturated carbocycles. The Hall–Kier alpha value is -2.45. The predicted molar refractivity (Wildman–Crippen MR) is 115 cm³/mol. The number of ether oxygens (including phenoxy) is 1. The highest BCUT2D eigenvalue weighted by Crippen LogP contribution is 2.33. The van der Waals surface area contributed by atoms with Gasteiger partial charge in [0.05, 0.1) is 12.0 Å². The molecule has 7 nitrogen and oxygen atoms in total. The van der Waals surface area contributed by atoms with Crippen molar-refractivity contribution in [1.82, 2.24) is 9.80 Å². The zero-order valence-corrected chi connectivity index (χ0v) is 18.0. The molecule has 1 aromatic carbocycles. The number of hydrogen-bond donors (Lipinski definition) is 0. The minimum Gasteiger partial charge on any atom is -0.497 e. The first-order chi connectivity index (χ1) is 14.5. The molecule has 2 aliphatic rings. The van der Waals surface area contributed by atoms with E-state index < -0.39 is 0 Å². The van der Waals surface area contributed by atoms with Crippen LogP contribution in [0.2, 0.25) is 0 Å². The number of rotatable bonds is 9. The molecule has 0 spiro atoms. The number of nitro groups is 1. The van der Waals surface area contributed by atoms with Crippen molar-refractivity contribution in [2.45, 2.75) is 32.4 Å². The van der Waals surface area contributed by atoms with Gasteiger partial charge in [0, 0.05) is 49.6 Å². The average Bonchev–Trinajstić information content (AvgIpc) is 3.30. The molecule has 2 fully saturated rings. The molecule has 160 valence electrons. The molecular weight excluding hydrogens is 402 g/mol. The lowest BCUT2D eigenvalue weighted by atomic mass is 10.1. The standard InChI is InChI=1S/C22H27N3O4S/c1-29-19-4-2-3-16(11-19)12-23(15-20-7-8-21(30-20)25(27)28)13-17-9-10-24(14-17)22(26)18-5-6-18/h2-4,7-8,11,17-18H,5-6,9-10,12-15H2,1H3. The van der Waals surface area contributed by atoms with Gasteiger partial charge in [0.15, 0.2) is 0 Å². The molecule has 2 aromatic rings. The Bertz CT molecular complexity index is 911. The third kappa shape index (κ3) is 5.17. The second-order valence-corrected chi connectivity index (χ2v) is 9.38. The van der Waals surface area contributed by atoms with E-state index >= 15 is 0 Å². The third-order valence-electron chi connectivity index (χ3n) is 5.79. The van der Waals surface area contributed by atoms with E-state index in [4.69, 9.17) is 4.74 Å². The van der Waals surface area contributed by atoms with Gasteiger partial charge in [0.1, 0.15) is 5.75 Å². The number of carbonyl (C=O) groups excluding carboxylic acids is 1. The minimum atomic E-state index is -0.334. The molecule has 1 aromatic heterocycles. The molecule has 1 aliphatic heterocycles. The van der Waals surface area contributed by atoms with Crippen LogP contribution in [-0.4, -0.2) is 47.4 Å². The molecule has 0 N–H and O–H groups in total. The number of amides is 1. The normalized spacial score (nSPS) is 18.7. The molecular formula is C22H27N3O4S. The van der Waals surface area contributed by atoms with Gasteiger partial charge in [-0.25, -0.2) is 0 Å². The Balaban J connectivity index is 1.44. The molecule has 1 saturated heterocycles. The summed E-state index contributed by atoms with van der Waals surface area (Å²) in [5, 5.41) is 11.2. The average molecular weight is 430 g/mol. The summed E-state index contributed by atoms with van der Waals surface area (Å²) in [5.74, 6) is 1.84. The maximum atomic E-state index is 12.4. The highest BCUT2D eigenvalue weighted by atomic mass is 32.1. The maximum Gasteiger partial charge on any atom is 0.324 e. The summed E-state index contributed by atoms with van der Waals surface area (Å²) in [6, 6.07) is 11.4. The van der Waals surface area contributed by atoms with Gasteiger partial charge in [-0.2, -0.15) is 0 Å². The molecule has 1 aliphatic carbocycles. The molecule has 0 bridgehead atoms. The van der Waals surface area contributed by atoms with Crippen LogP contribution >= 0.6 is 11.3 Å². The molecule has 30 heavy (non-hydrogen) atoms. The van der Waals surface area contributed by atoms with E-state index in [9.17, 15) is 14.9 Å². The first-order valence-electron chi connectivity index (χ1n) is 10.4. The van der Waals surface area contributed by atoms with Crippen molar-refractivity contribution in [1.29, 1.82) is 0 Å². The van der Waals surface area contributed by atoms with Gasteiger partial charge < -0.3 is 9.64 Å². The van der Waals surface area contributed by atoms with Crippen LogP contribution in [0.4, 0.5) is 5.00 Å². The van der Waals surface area contributed by atoms with Crippen molar-refractivity contribution in [3.05, 3.63) is 57.0 Å². The molecule has 1 amide bonds. The summed E-state index contributed by atoms with van der Waals surface area (Å²) >= 11 is 1.23. The Kier molecular flexibility index (Phi) is 6.34. The van der Waals surface area contributed by atoms with Crippen LogP contribution in [0.25, 0.3) is 0 Å². The van der Waals surface area contributed by atoms with Crippen molar-refractivity contribution in [2.75, 3.05) is 26.7 Å². The quantitative estimate of drug-likeness (QED) is 0.446. The lowest BCUT2D eigenvalue weighted by Gasteiger charge is -2.25. The SMILES string of the molecule is COc1cccc(CN(Cc2ccc([N+](=O)[O-])s2)CC2CCN(C(=O)C3CC3)C2)c1. The van der Waals surface area contributed by atoms with Gasteiger partial charge in [-0.05, 0) is 48.9 Å². The van der Waals surface area contributed by atoms with Crippen molar-refractivity contribution < 1.29 is 14.5 Å². The summed E-state index contributed by atoms with van der Waals surface area (Å²) < 4.78 is 5.35. The zero-order valence-electron chi connectivity index (χ0n) is 17.2. The van der Waals surface area contributed by atoms with Crippen LogP contribution in [0.5, 0.6) is 5.75 Å². The Morgan fingerprint density at radius 1 is 1.27 bits per heavy atom. The van der Waals surface area contributed by atoms with Crippen molar-refractivity contribution in [2.24, 2.45) is 11.8 Å². The smallest absolute Gasteiger partial charge is 0.324 e. The third-order valence-corrected chi connectivity index (χ3v) is 6.81. The van der Waals surface area contributed by atoms with Gasteiger partial charge in [-0.1, -0.05) is 23.5 Å². The first kappa shape index (κ1) is 20.8. The molecule has 0 radical (unpaired) electrons. The molecule has 2 heterocycles. The molecule has 8 heteroatoms. The molecule has 1 unspecified atom stereocenters. The van der Waals surface area contributed by atoms with Gasteiger partial charge in [0.25, 0.3) is 0 Å². The summed E-state index contributed by atoms with van der Waals surface area (Å²) in [6.07, 6.45) is 3.09. The van der Waals surface area contributed by atoms with E-state index in [2.05, 4.69) is 11.0 Å². The number of benzene rings is 1. The fourth-order valence-corrected chi connectivity index (χ4v) is 4.98. The molecule has 1 atom stereocenters. The van der Waals surface area contributed by atoms with Gasteiger partial charge in [0.2, 0.25) is 5.91 Å². The minimum absolute atomic E-state index is 0.174. The zero-order chi connectivity index (χ0) is 21.1. The number of methoxy groups -OCH3 is 1. The van der Waals surface area contributed by atoms with Crippen LogP contribution in [0.1, 0.15) is 29.7 Å². The second-order valence-electron chi connectivity index (χ2n) is 8.23. The monoisotopic (exact) mass is 429 g/mol. The van der Waals surface area contributed by atoms with E-state index in [0.29, 0.717) is 18.4 Å². The van der Waals surface area contributed by atoms with Crippen molar-refractivity contribution in [3.8, 4) is 5.75 Å². The summed E-state index contributed by atoms with van der Waals surface area (Å²) in [7, 11) is 1.66. The predicted octanol–water partition coefficient (Wildman–Crippen LogP) is 3.93. The van der Waals surface area contributed by atoms with E-state index in [1.54, 1.807) is 13.2 Å². The van der Waals surface area contributed by atoms with Gasteiger partial charge >= 0.3 is 5.00 Å². The fraction of sp³-hybridized carbons (Fsp3) is 0.500. The van der Waals surface area contributed by atoms with E-state index in [0.717, 1.165) is 61.6 Å². The number of nitrogens with zero attached hydrogens (tertiary/aromatic N) is 3. The van der Waals surface area contributed by atoms with Crippen LogP contribution in [0.15, 0.2) is 36.4 Å². The van der Waals surface area contributed by atoms with Gasteiger partial charge in [-0.3, -0.25) is 19.8 Å². The number of carbonyl (C=O) groups is 1. The van der Waals surface area contributed by atoms with Crippen LogP contribution in [0.3, 0.4) is 0 Å². The lowest BCUT2D eigenvalue weighted by molar-refractivity contribution is -0.380. The summed E-state index contributed by atoms with van der Waals surface area (Å²) in [5.41, 5.74) is 1.14. The van der Waals surface area contributed by atoms with E-state index in [-0.39, 0.29) is 15.8 Å². The Labute approximate surface area is 180 Å². The maximum absolute atomic E-state index is 12.4. The van der Waals surface area contributed by atoms with Gasteiger partial charge in [-0.15, -0.1) is 0 Å². The Morgan fingerprint density at radius 3 is 2.80 bits per heavy atom. The number of likely N-dealkylation sites (tertiary alicyclic amines) is 1. The highest BCUT2D eigenvalue weighted by Gasteiger charge is 2.36. The number of thiophene rings is 1. The largest absolute Gasteiger partial charge is 0.497 e. The topological polar surface area (TPSA) is 75.9 Å².